The molecule has 6 nitrogen and oxygen atoms in total. The molecule has 1 N–H and O–H groups in total. The van der Waals surface area contributed by atoms with Crippen molar-refractivity contribution in [1.82, 2.24) is 20.1 Å². The Balaban J connectivity index is 1.91. The Morgan fingerprint density at radius 3 is 2.72 bits per heavy atom. The zero-order valence-electron chi connectivity index (χ0n) is 14.2. The molecule has 1 atom stereocenters. The van der Waals surface area contributed by atoms with E-state index in [0.717, 1.165) is 5.56 Å². The van der Waals surface area contributed by atoms with E-state index in [1.807, 2.05) is 60.9 Å². The van der Waals surface area contributed by atoms with Crippen molar-refractivity contribution in [2.75, 3.05) is 6.54 Å². The average Bonchev–Trinajstić information content (AvgIpc) is 3.26. The fourth-order valence-electron chi connectivity index (χ4n) is 2.40. The van der Waals surface area contributed by atoms with Crippen molar-refractivity contribution in [3.63, 3.8) is 0 Å². The summed E-state index contributed by atoms with van der Waals surface area (Å²) in [7, 11) is 0. The van der Waals surface area contributed by atoms with Crippen molar-refractivity contribution >= 4 is 17.7 Å². The van der Waals surface area contributed by atoms with Crippen molar-refractivity contribution in [1.29, 1.82) is 0 Å². The van der Waals surface area contributed by atoms with Gasteiger partial charge in [-0.25, -0.2) is 0 Å². The third-order valence-corrected chi connectivity index (χ3v) is 4.72. The molecule has 2 aromatic heterocycles. The molecule has 7 heteroatoms. The van der Waals surface area contributed by atoms with Crippen molar-refractivity contribution in [3.8, 4) is 11.6 Å². The van der Waals surface area contributed by atoms with Crippen LogP contribution in [0, 0.1) is 0 Å². The number of furan rings is 1. The smallest absolute Gasteiger partial charge is 0.233 e. The molecule has 0 saturated heterocycles. The molecular weight excluding hydrogens is 336 g/mol. The normalized spacial score (nSPS) is 12.1. The van der Waals surface area contributed by atoms with Gasteiger partial charge in [-0.2, -0.15) is 0 Å². The van der Waals surface area contributed by atoms with Gasteiger partial charge in [-0.1, -0.05) is 42.1 Å². The zero-order chi connectivity index (χ0) is 17.6. The monoisotopic (exact) mass is 356 g/mol. The minimum absolute atomic E-state index is 0.0127. The summed E-state index contributed by atoms with van der Waals surface area (Å²) >= 11 is 1.39. The van der Waals surface area contributed by atoms with Crippen molar-refractivity contribution < 1.29 is 9.21 Å². The van der Waals surface area contributed by atoms with Crippen molar-refractivity contribution in [2.45, 2.75) is 30.8 Å². The van der Waals surface area contributed by atoms with Gasteiger partial charge in [-0.3, -0.25) is 9.36 Å². The molecule has 130 valence electrons. The van der Waals surface area contributed by atoms with Crippen LogP contribution in [0.15, 0.2) is 58.3 Å². The third-order valence-electron chi connectivity index (χ3n) is 3.64. The number of amides is 1. The van der Waals surface area contributed by atoms with Gasteiger partial charge in [0.05, 0.1) is 18.1 Å². The predicted molar refractivity (Wildman–Crippen MR) is 97.3 cm³/mol. The van der Waals surface area contributed by atoms with Crippen LogP contribution in [0.5, 0.6) is 0 Å². The van der Waals surface area contributed by atoms with E-state index < -0.39 is 0 Å². The fourth-order valence-corrected chi connectivity index (χ4v) is 3.27. The number of hydrogen-bond acceptors (Lipinski definition) is 5. The molecule has 0 bridgehead atoms. The highest BCUT2D eigenvalue weighted by molar-refractivity contribution is 8.00. The van der Waals surface area contributed by atoms with Crippen LogP contribution < -0.4 is 5.32 Å². The Morgan fingerprint density at radius 2 is 2.04 bits per heavy atom. The third kappa shape index (κ3) is 4.11. The molecular formula is C18H20N4O2S. The number of nitrogens with one attached hydrogen (secondary N) is 1. The van der Waals surface area contributed by atoms with E-state index in [4.69, 9.17) is 4.42 Å². The Labute approximate surface area is 150 Å². The van der Waals surface area contributed by atoms with Gasteiger partial charge >= 0.3 is 0 Å². The van der Waals surface area contributed by atoms with E-state index >= 15 is 0 Å². The Hall–Kier alpha value is -2.54. The number of benzene rings is 1. The van der Waals surface area contributed by atoms with Crippen LogP contribution in [0.25, 0.3) is 11.6 Å². The van der Waals surface area contributed by atoms with Crippen LogP contribution in [0.1, 0.15) is 19.4 Å². The van der Waals surface area contributed by atoms with Gasteiger partial charge < -0.3 is 9.73 Å². The molecule has 1 aromatic carbocycles. The van der Waals surface area contributed by atoms with Crippen molar-refractivity contribution in [2.24, 2.45) is 0 Å². The molecule has 3 aromatic rings. The SMILES string of the molecule is CCNC(=O)[C@@H](C)Sc1nnc(-c2ccco2)n1Cc1ccccc1. The number of aromatic nitrogens is 3. The van der Waals surface area contributed by atoms with Crippen molar-refractivity contribution in [3.05, 3.63) is 54.3 Å². The van der Waals surface area contributed by atoms with Crippen LogP contribution >= 0.6 is 11.8 Å². The average molecular weight is 356 g/mol. The Morgan fingerprint density at radius 1 is 1.24 bits per heavy atom. The second-order valence-electron chi connectivity index (χ2n) is 5.51. The predicted octanol–water partition coefficient (Wildman–Crippen LogP) is 3.20. The summed E-state index contributed by atoms with van der Waals surface area (Å²) in [4.78, 5) is 12.0. The maximum atomic E-state index is 12.0. The number of rotatable bonds is 7. The quantitative estimate of drug-likeness (QED) is 0.658. The van der Waals surface area contributed by atoms with Gasteiger partial charge in [0.15, 0.2) is 10.9 Å². The largest absolute Gasteiger partial charge is 0.461 e. The molecule has 0 aliphatic rings. The van der Waals surface area contributed by atoms with Crippen LogP contribution in [-0.4, -0.2) is 32.5 Å². The second-order valence-corrected chi connectivity index (χ2v) is 6.82. The second kappa shape index (κ2) is 8.02. The van der Waals surface area contributed by atoms with E-state index in [9.17, 15) is 4.79 Å². The first kappa shape index (κ1) is 17.3. The summed E-state index contributed by atoms with van der Waals surface area (Å²) in [6.07, 6.45) is 1.61. The number of hydrogen-bond donors (Lipinski definition) is 1. The van der Waals surface area contributed by atoms with Gasteiger partial charge in [0, 0.05) is 6.54 Å². The lowest BCUT2D eigenvalue weighted by atomic mass is 10.2. The maximum Gasteiger partial charge on any atom is 0.233 e. The molecule has 0 saturated carbocycles. The van der Waals surface area contributed by atoms with E-state index in [-0.39, 0.29) is 11.2 Å². The van der Waals surface area contributed by atoms with E-state index in [2.05, 4.69) is 15.5 Å². The first-order valence-corrected chi connectivity index (χ1v) is 9.02. The minimum Gasteiger partial charge on any atom is -0.461 e. The van der Waals surface area contributed by atoms with Crippen LogP contribution in [0.3, 0.4) is 0 Å². The molecule has 0 aliphatic heterocycles. The summed E-state index contributed by atoms with van der Waals surface area (Å²) in [6, 6.07) is 13.7. The number of carbonyl (C=O) groups is 1. The summed E-state index contributed by atoms with van der Waals surface area (Å²) in [6.45, 7) is 4.98. The molecule has 0 aliphatic carbocycles. The highest BCUT2D eigenvalue weighted by Gasteiger charge is 2.21. The van der Waals surface area contributed by atoms with Gasteiger partial charge in [0.2, 0.25) is 11.7 Å². The number of nitrogens with zero attached hydrogens (tertiary/aromatic N) is 3. The standard InChI is InChI=1S/C18H20N4O2S/c1-3-19-17(23)13(2)25-18-21-20-16(15-10-7-11-24-15)22(18)12-14-8-5-4-6-9-14/h4-11,13H,3,12H2,1-2H3,(H,19,23)/t13-/m1/s1. The molecule has 1 amide bonds. The fraction of sp³-hybridized carbons (Fsp3) is 0.278. The maximum absolute atomic E-state index is 12.0. The molecule has 2 heterocycles. The van der Waals surface area contributed by atoms with Gasteiger partial charge in [-0.05, 0) is 31.5 Å². The topological polar surface area (TPSA) is 73.0 Å². The summed E-state index contributed by atoms with van der Waals surface area (Å²) in [5.74, 6) is 1.29. The first-order valence-electron chi connectivity index (χ1n) is 8.14. The Kier molecular flexibility index (Phi) is 5.55. The first-order chi connectivity index (χ1) is 12.2. The van der Waals surface area contributed by atoms with Crippen LogP contribution in [0.2, 0.25) is 0 Å². The van der Waals surface area contributed by atoms with E-state index in [1.165, 1.54) is 11.8 Å². The molecule has 25 heavy (non-hydrogen) atoms. The molecule has 0 unspecified atom stereocenters. The lowest BCUT2D eigenvalue weighted by Crippen LogP contribution is -2.30. The number of thioether (sulfide) groups is 1. The highest BCUT2D eigenvalue weighted by atomic mass is 32.2. The zero-order valence-corrected chi connectivity index (χ0v) is 15.0. The van der Waals surface area contributed by atoms with Crippen LogP contribution in [0.4, 0.5) is 0 Å². The molecule has 0 radical (unpaired) electrons. The van der Waals surface area contributed by atoms with E-state index in [1.54, 1.807) is 6.26 Å². The lowest BCUT2D eigenvalue weighted by molar-refractivity contribution is -0.120. The summed E-state index contributed by atoms with van der Waals surface area (Å²) < 4.78 is 7.47. The van der Waals surface area contributed by atoms with Gasteiger partial charge in [0.1, 0.15) is 0 Å². The van der Waals surface area contributed by atoms with E-state index in [0.29, 0.717) is 29.8 Å². The summed E-state index contributed by atoms with van der Waals surface area (Å²) in [5, 5.41) is 11.8. The van der Waals surface area contributed by atoms with Crippen LogP contribution in [-0.2, 0) is 11.3 Å². The molecule has 3 rings (SSSR count). The van der Waals surface area contributed by atoms with Gasteiger partial charge in [-0.15, -0.1) is 10.2 Å². The minimum atomic E-state index is -0.261. The highest BCUT2D eigenvalue weighted by Crippen LogP contribution is 2.28. The lowest BCUT2D eigenvalue weighted by Gasteiger charge is -2.13. The Bertz CT molecular complexity index is 815. The summed E-state index contributed by atoms with van der Waals surface area (Å²) in [5.41, 5.74) is 1.13. The molecule has 0 spiro atoms. The molecule has 0 fully saturated rings. The van der Waals surface area contributed by atoms with Gasteiger partial charge in [0.25, 0.3) is 0 Å². The number of carbonyl (C=O) groups excluding carboxylic acids is 1.